The van der Waals surface area contributed by atoms with E-state index in [0.717, 1.165) is 55.1 Å². The molecule has 2 N–H and O–H groups in total. The minimum absolute atomic E-state index is 0.0330. The number of hydrogen-bond donors (Lipinski definition) is 2. The summed E-state index contributed by atoms with van der Waals surface area (Å²) < 4.78 is 5.49. The quantitative estimate of drug-likeness (QED) is 0.878. The minimum atomic E-state index is -0.0330. The van der Waals surface area contributed by atoms with Gasteiger partial charge in [-0.05, 0) is 18.2 Å². The SMILES string of the molecule is O=C(NC[C@@]1(N2CCOCC2)CCSC1)c1cccc2cn[nH]c12. The molecule has 0 bridgehead atoms. The van der Waals surface area contributed by atoms with Crippen molar-refractivity contribution in [2.75, 3.05) is 44.4 Å². The van der Waals surface area contributed by atoms with Gasteiger partial charge < -0.3 is 10.1 Å². The first-order chi connectivity index (χ1) is 11.8. The Hall–Kier alpha value is -1.57. The number of carbonyl (C=O) groups excluding carboxylic acids is 1. The third-order valence-corrected chi connectivity index (χ3v) is 6.30. The van der Waals surface area contributed by atoms with Crippen molar-refractivity contribution in [1.29, 1.82) is 0 Å². The summed E-state index contributed by atoms with van der Waals surface area (Å²) >= 11 is 1.98. The highest BCUT2D eigenvalue weighted by Gasteiger charge is 2.40. The Balaban J connectivity index is 1.50. The molecule has 128 valence electrons. The van der Waals surface area contributed by atoms with E-state index in [0.29, 0.717) is 12.1 Å². The number of rotatable bonds is 4. The number of benzene rings is 1. The topological polar surface area (TPSA) is 70.2 Å². The third-order valence-electron chi connectivity index (χ3n) is 5.06. The molecule has 1 amide bonds. The number of amides is 1. The first-order valence-electron chi connectivity index (χ1n) is 8.39. The molecule has 3 heterocycles. The molecule has 2 aromatic rings. The van der Waals surface area contributed by atoms with Crippen LogP contribution in [0.15, 0.2) is 24.4 Å². The number of nitrogens with zero attached hydrogens (tertiary/aromatic N) is 2. The van der Waals surface area contributed by atoms with Crippen molar-refractivity contribution in [3.05, 3.63) is 30.0 Å². The zero-order valence-electron chi connectivity index (χ0n) is 13.6. The van der Waals surface area contributed by atoms with Gasteiger partial charge in [0.05, 0.1) is 30.5 Å². The fourth-order valence-electron chi connectivity index (χ4n) is 3.63. The van der Waals surface area contributed by atoms with Crippen LogP contribution in [0.3, 0.4) is 0 Å². The Labute approximate surface area is 145 Å². The van der Waals surface area contributed by atoms with Gasteiger partial charge in [-0.2, -0.15) is 16.9 Å². The molecule has 0 saturated carbocycles. The number of aromatic amines is 1. The van der Waals surface area contributed by atoms with E-state index in [4.69, 9.17) is 4.74 Å². The third kappa shape index (κ3) is 2.92. The molecule has 1 aromatic heterocycles. The second kappa shape index (κ2) is 6.74. The summed E-state index contributed by atoms with van der Waals surface area (Å²) in [5, 5.41) is 11.1. The molecule has 6 nitrogen and oxygen atoms in total. The monoisotopic (exact) mass is 346 g/mol. The molecule has 4 rings (SSSR count). The molecule has 2 saturated heterocycles. The van der Waals surface area contributed by atoms with Crippen LogP contribution in [0, 0.1) is 0 Å². The zero-order valence-corrected chi connectivity index (χ0v) is 14.4. The van der Waals surface area contributed by atoms with Crippen LogP contribution >= 0.6 is 11.8 Å². The zero-order chi connectivity index (χ0) is 16.4. The van der Waals surface area contributed by atoms with Crippen molar-refractivity contribution in [3.8, 4) is 0 Å². The van der Waals surface area contributed by atoms with Crippen molar-refractivity contribution >= 4 is 28.6 Å². The molecule has 0 aliphatic carbocycles. The highest BCUT2D eigenvalue weighted by Crippen LogP contribution is 2.33. The van der Waals surface area contributed by atoms with E-state index in [1.54, 1.807) is 6.20 Å². The van der Waals surface area contributed by atoms with Crippen molar-refractivity contribution in [2.24, 2.45) is 0 Å². The number of fused-ring (bicyclic) bond motifs is 1. The average molecular weight is 346 g/mol. The fraction of sp³-hybridized carbons (Fsp3) is 0.529. The van der Waals surface area contributed by atoms with Gasteiger partial charge in [-0.25, -0.2) is 0 Å². The van der Waals surface area contributed by atoms with Crippen molar-refractivity contribution < 1.29 is 9.53 Å². The Morgan fingerprint density at radius 2 is 2.29 bits per heavy atom. The first kappa shape index (κ1) is 15.9. The van der Waals surface area contributed by atoms with Gasteiger partial charge in [0.2, 0.25) is 0 Å². The molecular weight excluding hydrogens is 324 g/mol. The van der Waals surface area contributed by atoms with Gasteiger partial charge in [-0.3, -0.25) is 14.8 Å². The Bertz CT molecular complexity index is 720. The maximum absolute atomic E-state index is 12.7. The van der Waals surface area contributed by atoms with Crippen molar-refractivity contribution in [2.45, 2.75) is 12.0 Å². The average Bonchev–Trinajstić information content (AvgIpc) is 3.30. The standard InChI is InChI=1S/C17H22N4O2S/c22-16(14-3-1-2-13-10-19-20-15(13)14)18-11-17(4-9-24-12-17)21-5-7-23-8-6-21/h1-3,10H,4-9,11-12H2,(H,18,22)(H,19,20)/t17-/m0/s1. The van der Waals surface area contributed by atoms with E-state index in [1.807, 2.05) is 30.0 Å². The molecule has 7 heteroatoms. The lowest BCUT2D eigenvalue weighted by atomic mass is 9.95. The number of aromatic nitrogens is 2. The van der Waals surface area contributed by atoms with E-state index >= 15 is 0 Å². The first-order valence-corrected chi connectivity index (χ1v) is 9.55. The largest absolute Gasteiger partial charge is 0.379 e. The number of para-hydroxylation sites is 1. The smallest absolute Gasteiger partial charge is 0.253 e. The number of H-pyrrole nitrogens is 1. The van der Waals surface area contributed by atoms with Gasteiger partial charge in [0, 0.05) is 36.3 Å². The fourth-order valence-corrected chi connectivity index (χ4v) is 5.11. The second-order valence-electron chi connectivity index (χ2n) is 6.45. The van der Waals surface area contributed by atoms with Gasteiger partial charge in [0.15, 0.2) is 0 Å². The predicted molar refractivity (Wildman–Crippen MR) is 95.5 cm³/mol. The van der Waals surface area contributed by atoms with Crippen LogP contribution in [0.5, 0.6) is 0 Å². The second-order valence-corrected chi connectivity index (χ2v) is 7.55. The number of thioether (sulfide) groups is 1. The van der Waals surface area contributed by atoms with Crippen molar-refractivity contribution in [1.82, 2.24) is 20.4 Å². The number of carbonyl (C=O) groups is 1. The lowest BCUT2D eigenvalue weighted by molar-refractivity contribution is -0.0129. The number of nitrogens with one attached hydrogen (secondary N) is 2. The van der Waals surface area contributed by atoms with E-state index in [1.165, 1.54) is 0 Å². The summed E-state index contributed by atoms with van der Waals surface area (Å²) in [5.41, 5.74) is 1.52. The highest BCUT2D eigenvalue weighted by molar-refractivity contribution is 7.99. The number of morpholine rings is 1. The summed E-state index contributed by atoms with van der Waals surface area (Å²) in [4.78, 5) is 15.2. The summed E-state index contributed by atoms with van der Waals surface area (Å²) in [5.74, 6) is 2.19. The minimum Gasteiger partial charge on any atom is -0.379 e. The van der Waals surface area contributed by atoms with Crippen LogP contribution < -0.4 is 5.32 Å². The predicted octanol–water partition coefficient (Wildman–Crippen LogP) is 1.50. The maximum atomic E-state index is 12.7. The van der Waals surface area contributed by atoms with Gasteiger partial charge in [-0.15, -0.1) is 0 Å². The van der Waals surface area contributed by atoms with Crippen molar-refractivity contribution in [3.63, 3.8) is 0 Å². The molecule has 0 radical (unpaired) electrons. The molecular formula is C17H22N4O2S. The Morgan fingerprint density at radius 1 is 1.42 bits per heavy atom. The van der Waals surface area contributed by atoms with Crippen LogP contribution in [0.4, 0.5) is 0 Å². The van der Waals surface area contributed by atoms with Gasteiger partial charge >= 0.3 is 0 Å². The molecule has 1 aromatic carbocycles. The lowest BCUT2D eigenvalue weighted by Crippen LogP contribution is -2.59. The van der Waals surface area contributed by atoms with E-state index in [9.17, 15) is 4.79 Å². The Kier molecular flexibility index (Phi) is 4.47. The molecule has 2 fully saturated rings. The molecule has 0 spiro atoms. The lowest BCUT2D eigenvalue weighted by Gasteiger charge is -2.43. The summed E-state index contributed by atoms with van der Waals surface area (Å²) in [6, 6.07) is 5.70. The maximum Gasteiger partial charge on any atom is 0.253 e. The molecule has 1 atom stereocenters. The summed E-state index contributed by atoms with van der Waals surface area (Å²) in [6.07, 6.45) is 2.86. The molecule has 2 aliphatic rings. The Morgan fingerprint density at radius 3 is 3.08 bits per heavy atom. The van der Waals surface area contributed by atoms with Gasteiger partial charge in [0.25, 0.3) is 5.91 Å². The summed E-state index contributed by atoms with van der Waals surface area (Å²) in [6.45, 7) is 4.16. The van der Waals surface area contributed by atoms with Crippen LogP contribution in [0.25, 0.3) is 10.9 Å². The number of ether oxygens (including phenoxy) is 1. The normalized spacial score (nSPS) is 25.2. The highest BCUT2D eigenvalue weighted by atomic mass is 32.2. The van der Waals surface area contributed by atoms with Gasteiger partial charge in [0.1, 0.15) is 0 Å². The summed E-state index contributed by atoms with van der Waals surface area (Å²) in [7, 11) is 0. The van der Waals surface area contributed by atoms with Crippen LogP contribution in [0.1, 0.15) is 16.8 Å². The molecule has 2 aliphatic heterocycles. The van der Waals surface area contributed by atoms with E-state index < -0.39 is 0 Å². The van der Waals surface area contributed by atoms with E-state index in [-0.39, 0.29) is 11.4 Å². The molecule has 24 heavy (non-hydrogen) atoms. The van der Waals surface area contributed by atoms with Crippen LogP contribution in [-0.4, -0.2) is 70.9 Å². The van der Waals surface area contributed by atoms with Crippen LogP contribution in [-0.2, 0) is 4.74 Å². The molecule has 0 unspecified atom stereocenters. The van der Waals surface area contributed by atoms with Crippen LogP contribution in [0.2, 0.25) is 0 Å². The number of hydrogen-bond acceptors (Lipinski definition) is 5. The van der Waals surface area contributed by atoms with Gasteiger partial charge in [-0.1, -0.05) is 12.1 Å². The van der Waals surface area contributed by atoms with E-state index in [2.05, 4.69) is 20.4 Å².